The van der Waals surface area contributed by atoms with Gasteiger partial charge in [0.2, 0.25) is 0 Å². The van der Waals surface area contributed by atoms with Gasteiger partial charge in [-0.05, 0) is 29.8 Å². The first-order valence-corrected chi connectivity index (χ1v) is 6.89. The molecule has 0 N–H and O–H groups in total. The molecule has 3 aromatic rings. The molecule has 0 fully saturated rings. The molecule has 0 atom stereocenters. The van der Waals surface area contributed by atoms with E-state index < -0.39 is 0 Å². The zero-order valence-electron chi connectivity index (χ0n) is 10.7. The summed E-state index contributed by atoms with van der Waals surface area (Å²) in [6.45, 7) is 0.226. The predicted molar refractivity (Wildman–Crippen MR) is 81.5 cm³/mol. The summed E-state index contributed by atoms with van der Waals surface area (Å²) >= 11 is 11.9. The monoisotopic (exact) mass is 322 g/mol. The molecule has 0 bridgehead atoms. The molecule has 0 aliphatic rings. The van der Waals surface area contributed by atoms with E-state index in [1.807, 2.05) is 0 Å². The molecule has 2 aromatic carbocycles. The van der Waals surface area contributed by atoms with Crippen LogP contribution in [-0.4, -0.2) is 9.55 Å². The van der Waals surface area contributed by atoms with Crippen LogP contribution in [0.3, 0.4) is 0 Å². The van der Waals surface area contributed by atoms with Gasteiger partial charge in [0, 0.05) is 5.02 Å². The van der Waals surface area contributed by atoms with Crippen LogP contribution in [0.2, 0.25) is 10.0 Å². The van der Waals surface area contributed by atoms with E-state index in [2.05, 4.69) is 4.98 Å². The quantitative estimate of drug-likeness (QED) is 0.717. The lowest BCUT2D eigenvalue weighted by molar-refractivity contribution is 0.622. The number of aromatic nitrogens is 2. The number of benzene rings is 2. The smallest absolute Gasteiger partial charge is 0.261 e. The number of nitrogens with zero attached hydrogens (tertiary/aromatic N) is 2. The lowest BCUT2D eigenvalue weighted by Crippen LogP contribution is -2.21. The highest BCUT2D eigenvalue weighted by molar-refractivity contribution is 6.38. The largest absolute Gasteiger partial charge is 0.294 e. The van der Waals surface area contributed by atoms with Crippen molar-refractivity contribution in [3.8, 4) is 0 Å². The van der Waals surface area contributed by atoms with E-state index in [4.69, 9.17) is 23.2 Å². The van der Waals surface area contributed by atoms with Crippen molar-refractivity contribution < 1.29 is 4.39 Å². The van der Waals surface area contributed by atoms with E-state index in [9.17, 15) is 9.18 Å². The van der Waals surface area contributed by atoms with Gasteiger partial charge in [-0.1, -0.05) is 35.3 Å². The van der Waals surface area contributed by atoms with Crippen LogP contribution in [-0.2, 0) is 6.54 Å². The molecule has 0 amide bonds. The molecular formula is C15H9Cl2FN2O. The molecule has 0 aliphatic heterocycles. The van der Waals surface area contributed by atoms with Crippen molar-refractivity contribution in [2.45, 2.75) is 6.54 Å². The molecule has 3 rings (SSSR count). The van der Waals surface area contributed by atoms with Crippen molar-refractivity contribution in [2.24, 2.45) is 0 Å². The fraction of sp³-hybridized carbons (Fsp3) is 0.0667. The highest BCUT2D eigenvalue weighted by Crippen LogP contribution is 2.24. The second kappa shape index (κ2) is 5.47. The molecule has 0 saturated carbocycles. The fourth-order valence-corrected chi connectivity index (χ4v) is 2.68. The van der Waals surface area contributed by atoms with Gasteiger partial charge in [0.1, 0.15) is 5.82 Å². The summed E-state index contributed by atoms with van der Waals surface area (Å²) in [7, 11) is 0. The van der Waals surface area contributed by atoms with E-state index in [0.29, 0.717) is 26.5 Å². The summed E-state index contributed by atoms with van der Waals surface area (Å²) in [5, 5.41) is 1.04. The van der Waals surface area contributed by atoms with Crippen LogP contribution in [0.4, 0.5) is 4.39 Å². The van der Waals surface area contributed by atoms with E-state index in [1.54, 1.807) is 12.1 Å². The Morgan fingerprint density at radius 3 is 2.76 bits per heavy atom. The zero-order valence-corrected chi connectivity index (χ0v) is 12.2. The van der Waals surface area contributed by atoms with Crippen LogP contribution in [0, 0.1) is 5.82 Å². The van der Waals surface area contributed by atoms with E-state index in [-0.39, 0.29) is 17.9 Å². The molecule has 6 heteroatoms. The van der Waals surface area contributed by atoms with E-state index in [0.717, 1.165) is 0 Å². The van der Waals surface area contributed by atoms with Gasteiger partial charge in [-0.25, -0.2) is 9.37 Å². The van der Waals surface area contributed by atoms with Crippen molar-refractivity contribution >= 4 is 34.1 Å². The Balaban J connectivity index is 2.12. The van der Waals surface area contributed by atoms with Crippen LogP contribution >= 0.6 is 23.2 Å². The van der Waals surface area contributed by atoms with Crippen molar-refractivity contribution in [3.63, 3.8) is 0 Å². The van der Waals surface area contributed by atoms with Crippen molar-refractivity contribution in [2.75, 3.05) is 0 Å². The molecule has 1 heterocycles. The maximum atomic E-state index is 13.2. The molecule has 0 saturated heterocycles. The minimum atomic E-state index is -0.347. The molecule has 0 aliphatic carbocycles. The number of halogens is 3. The first-order valence-electron chi connectivity index (χ1n) is 6.13. The summed E-state index contributed by atoms with van der Waals surface area (Å²) in [6, 6.07) is 9.13. The topological polar surface area (TPSA) is 34.9 Å². The van der Waals surface area contributed by atoms with Gasteiger partial charge in [0.15, 0.2) is 0 Å². The Morgan fingerprint density at radius 2 is 2.00 bits per heavy atom. The van der Waals surface area contributed by atoms with Gasteiger partial charge in [0.05, 0.1) is 28.8 Å². The third kappa shape index (κ3) is 2.77. The van der Waals surface area contributed by atoms with Crippen molar-refractivity contribution in [3.05, 3.63) is 74.5 Å². The summed E-state index contributed by atoms with van der Waals surface area (Å²) in [5.74, 6) is -0.347. The minimum Gasteiger partial charge on any atom is -0.294 e. The summed E-state index contributed by atoms with van der Waals surface area (Å²) in [6.07, 6.45) is 1.40. The maximum absolute atomic E-state index is 13.2. The Hall–Kier alpha value is -1.91. The second-order valence-corrected chi connectivity index (χ2v) is 5.43. The lowest BCUT2D eigenvalue weighted by atomic mass is 10.2. The summed E-state index contributed by atoms with van der Waals surface area (Å²) < 4.78 is 14.6. The average Bonchev–Trinajstić information content (AvgIpc) is 2.42. The first kappa shape index (κ1) is 14.0. The highest BCUT2D eigenvalue weighted by atomic mass is 35.5. The summed E-state index contributed by atoms with van der Waals surface area (Å²) in [4.78, 5) is 16.6. The predicted octanol–water partition coefficient (Wildman–Crippen LogP) is 3.89. The van der Waals surface area contributed by atoms with Crippen LogP contribution in [0.25, 0.3) is 10.9 Å². The molecule has 0 radical (unpaired) electrons. The summed E-state index contributed by atoms with van der Waals surface area (Å²) in [5.41, 5.74) is 0.807. The van der Waals surface area contributed by atoms with Gasteiger partial charge in [-0.2, -0.15) is 0 Å². The Labute approximate surface area is 129 Å². The van der Waals surface area contributed by atoms with Crippen LogP contribution in [0.1, 0.15) is 5.56 Å². The third-order valence-electron chi connectivity index (χ3n) is 3.09. The van der Waals surface area contributed by atoms with Gasteiger partial charge >= 0.3 is 0 Å². The highest BCUT2D eigenvalue weighted by Gasteiger charge is 2.09. The van der Waals surface area contributed by atoms with E-state index in [1.165, 1.54) is 35.2 Å². The Kier molecular flexibility index (Phi) is 3.66. The fourth-order valence-electron chi connectivity index (χ4n) is 2.14. The molecule has 3 nitrogen and oxygen atoms in total. The Bertz CT molecular complexity index is 892. The molecular weight excluding hydrogens is 314 g/mol. The average molecular weight is 323 g/mol. The van der Waals surface area contributed by atoms with Crippen molar-refractivity contribution in [1.29, 1.82) is 0 Å². The van der Waals surface area contributed by atoms with Gasteiger partial charge in [-0.3, -0.25) is 9.36 Å². The number of hydrogen-bond acceptors (Lipinski definition) is 2. The van der Waals surface area contributed by atoms with Crippen molar-refractivity contribution in [1.82, 2.24) is 9.55 Å². The second-order valence-electron chi connectivity index (χ2n) is 4.59. The molecule has 0 unspecified atom stereocenters. The number of hydrogen-bond donors (Lipinski definition) is 0. The van der Waals surface area contributed by atoms with Crippen LogP contribution in [0.15, 0.2) is 47.5 Å². The third-order valence-corrected chi connectivity index (χ3v) is 3.59. The minimum absolute atomic E-state index is 0.226. The molecule has 0 spiro atoms. The molecule has 1 aromatic heterocycles. The van der Waals surface area contributed by atoms with Crippen LogP contribution < -0.4 is 5.56 Å². The Morgan fingerprint density at radius 1 is 1.19 bits per heavy atom. The zero-order chi connectivity index (χ0) is 15.0. The van der Waals surface area contributed by atoms with Gasteiger partial charge in [-0.15, -0.1) is 0 Å². The standard InChI is InChI=1S/C15H9Cl2FN2O/c16-10-5-12-14(13(17)6-10)19-8-20(15(12)21)7-9-2-1-3-11(18)4-9/h1-6,8H,7H2. The lowest BCUT2D eigenvalue weighted by Gasteiger charge is -2.08. The number of fused-ring (bicyclic) bond motifs is 1. The van der Waals surface area contributed by atoms with Crippen LogP contribution in [0.5, 0.6) is 0 Å². The SMILES string of the molecule is O=c1c2cc(Cl)cc(Cl)c2ncn1Cc1cccc(F)c1. The number of rotatable bonds is 2. The van der Waals surface area contributed by atoms with Gasteiger partial charge < -0.3 is 0 Å². The normalized spacial score (nSPS) is 11.0. The van der Waals surface area contributed by atoms with E-state index >= 15 is 0 Å². The molecule has 21 heavy (non-hydrogen) atoms. The molecule has 106 valence electrons. The van der Waals surface area contributed by atoms with Gasteiger partial charge in [0.25, 0.3) is 5.56 Å². The first-order chi connectivity index (χ1) is 10.0. The maximum Gasteiger partial charge on any atom is 0.261 e.